The van der Waals surface area contributed by atoms with E-state index >= 15 is 0 Å². The van der Waals surface area contributed by atoms with Crippen molar-refractivity contribution in [1.82, 2.24) is 0 Å². The molecule has 1 N–H and O–H groups in total. The number of hydrogen-bond donors (Lipinski definition) is 1. The molecule has 2 rings (SSSR count). The number of hydrogen-bond acceptors (Lipinski definition) is 1. The highest BCUT2D eigenvalue weighted by molar-refractivity contribution is 6.88. The zero-order chi connectivity index (χ0) is 13.2. The van der Waals surface area contributed by atoms with Crippen molar-refractivity contribution in [2.24, 2.45) is 0 Å². The van der Waals surface area contributed by atoms with E-state index in [1.807, 2.05) is 42.5 Å². The lowest BCUT2D eigenvalue weighted by Gasteiger charge is -2.18. The van der Waals surface area contributed by atoms with Gasteiger partial charge in [0.25, 0.3) is 0 Å². The van der Waals surface area contributed by atoms with Gasteiger partial charge >= 0.3 is 0 Å². The van der Waals surface area contributed by atoms with Crippen LogP contribution in [0.25, 0.3) is 0 Å². The van der Waals surface area contributed by atoms with Gasteiger partial charge in [0.1, 0.15) is 6.10 Å². The summed E-state index contributed by atoms with van der Waals surface area (Å²) in [5.41, 5.74) is 1.90. The molecule has 2 heteroatoms. The highest BCUT2D eigenvalue weighted by Gasteiger charge is 2.17. The normalized spacial score (nSPS) is 13.3. The van der Waals surface area contributed by atoms with Crippen LogP contribution in [0, 0.1) is 0 Å². The van der Waals surface area contributed by atoms with Crippen LogP contribution in [0.15, 0.2) is 54.6 Å². The second-order valence-electron chi connectivity index (χ2n) is 5.69. The Morgan fingerprint density at radius 2 is 1.28 bits per heavy atom. The van der Waals surface area contributed by atoms with E-state index in [4.69, 9.17) is 0 Å². The summed E-state index contributed by atoms with van der Waals surface area (Å²) in [5, 5.41) is 11.7. The van der Waals surface area contributed by atoms with E-state index in [2.05, 4.69) is 31.8 Å². The van der Waals surface area contributed by atoms with Crippen LogP contribution in [0.2, 0.25) is 19.6 Å². The standard InChI is InChI=1S/C16H20OSi/c1-18(2,3)15-11-9-14(10-12-15)16(17)13-7-5-4-6-8-13/h4-12,16-17H,1-3H3/t16-/m1/s1. The zero-order valence-corrected chi connectivity index (χ0v) is 12.2. The van der Waals surface area contributed by atoms with Crippen molar-refractivity contribution in [2.45, 2.75) is 25.7 Å². The van der Waals surface area contributed by atoms with Crippen LogP contribution in [-0.2, 0) is 0 Å². The third kappa shape index (κ3) is 2.89. The molecule has 0 amide bonds. The first-order valence-electron chi connectivity index (χ1n) is 6.32. The smallest absolute Gasteiger partial charge is 0.104 e. The Bertz CT molecular complexity index is 497. The molecule has 0 aromatic heterocycles. The minimum absolute atomic E-state index is 0.526. The molecule has 0 aliphatic heterocycles. The van der Waals surface area contributed by atoms with Crippen LogP contribution < -0.4 is 5.19 Å². The molecule has 2 aromatic rings. The van der Waals surface area contributed by atoms with E-state index < -0.39 is 14.2 Å². The number of rotatable bonds is 3. The van der Waals surface area contributed by atoms with Crippen molar-refractivity contribution in [2.75, 3.05) is 0 Å². The Morgan fingerprint density at radius 1 is 0.778 bits per heavy atom. The molecule has 0 saturated carbocycles. The maximum absolute atomic E-state index is 10.3. The van der Waals surface area contributed by atoms with Crippen molar-refractivity contribution < 1.29 is 5.11 Å². The largest absolute Gasteiger partial charge is 0.384 e. The fourth-order valence-electron chi connectivity index (χ4n) is 1.99. The Hall–Kier alpha value is -1.38. The molecule has 0 saturated heterocycles. The van der Waals surface area contributed by atoms with Crippen molar-refractivity contribution >= 4 is 13.3 Å². The van der Waals surface area contributed by atoms with Crippen molar-refractivity contribution in [3.8, 4) is 0 Å². The van der Waals surface area contributed by atoms with Gasteiger partial charge in [-0.25, -0.2) is 0 Å². The molecule has 2 aromatic carbocycles. The summed E-state index contributed by atoms with van der Waals surface area (Å²) in [6.07, 6.45) is -0.526. The highest BCUT2D eigenvalue weighted by Crippen LogP contribution is 2.21. The summed E-state index contributed by atoms with van der Waals surface area (Å²) in [6, 6.07) is 18.2. The second kappa shape index (κ2) is 5.08. The molecule has 0 heterocycles. The lowest BCUT2D eigenvalue weighted by atomic mass is 10.0. The van der Waals surface area contributed by atoms with Gasteiger partial charge in [-0.15, -0.1) is 0 Å². The molecular formula is C16H20OSi. The van der Waals surface area contributed by atoms with E-state index in [1.54, 1.807) is 0 Å². The maximum Gasteiger partial charge on any atom is 0.104 e. The first kappa shape index (κ1) is 13.1. The fraction of sp³-hybridized carbons (Fsp3) is 0.250. The van der Waals surface area contributed by atoms with Gasteiger partial charge in [-0.1, -0.05) is 79.4 Å². The molecule has 18 heavy (non-hydrogen) atoms. The van der Waals surface area contributed by atoms with E-state index in [1.165, 1.54) is 5.19 Å². The summed E-state index contributed by atoms with van der Waals surface area (Å²) in [5.74, 6) is 0. The first-order valence-corrected chi connectivity index (χ1v) is 9.82. The molecule has 0 fully saturated rings. The zero-order valence-electron chi connectivity index (χ0n) is 11.2. The topological polar surface area (TPSA) is 20.2 Å². The van der Waals surface area contributed by atoms with Crippen LogP contribution >= 0.6 is 0 Å². The monoisotopic (exact) mass is 256 g/mol. The molecule has 0 spiro atoms. The van der Waals surface area contributed by atoms with Gasteiger partial charge in [-0.3, -0.25) is 0 Å². The van der Waals surface area contributed by atoms with E-state index in [0.717, 1.165) is 11.1 Å². The fourth-order valence-corrected chi connectivity index (χ4v) is 3.16. The van der Waals surface area contributed by atoms with Gasteiger partial charge in [0, 0.05) is 0 Å². The third-order valence-corrected chi connectivity index (χ3v) is 5.27. The summed E-state index contributed by atoms with van der Waals surface area (Å²) in [6.45, 7) is 6.99. The predicted molar refractivity (Wildman–Crippen MR) is 79.9 cm³/mol. The summed E-state index contributed by atoms with van der Waals surface area (Å²) < 4.78 is 0. The molecule has 1 nitrogen and oxygen atoms in total. The SMILES string of the molecule is C[Si](C)(C)c1ccc([C@H](O)c2ccccc2)cc1. The predicted octanol–water partition coefficient (Wildman–Crippen LogP) is 3.31. The van der Waals surface area contributed by atoms with Gasteiger partial charge in [0.05, 0.1) is 8.07 Å². The van der Waals surface area contributed by atoms with Crippen LogP contribution in [-0.4, -0.2) is 13.2 Å². The number of aliphatic hydroxyl groups excluding tert-OH is 1. The van der Waals surface area contributed by atoms with Crippen LogP contribution in [0.4, 0.5) is 0 Å². The number of aliphatic hydroxyl groups is 1. The van der Waals surface area contributed by atoms with Gasteiger partial charge < -0.3 is 5.11 Å². The van der Waals surface area contributed by atoms with Crippen molar-refractivity contribution in [1.29, 1.82) is 0 Å². The average molecular weight is 256 g/mol. The molecule has 0 aliphatic rings. The van der Waals surface area contributed by atoms with E-state index in [-0.39, 0.29) is 0 Å². The van der Waals surface area contributed by atoms with Crippen LogP contribution in [0.1, 0.15) is 17.2 Å². The summed E-state index contributed by atoms with van der Waals surface area (Å²) in [7, 11) is -1.25. The lowest BCUT2D eigenvalue weighted by Crippen LogP contribution is -2.37. The summed E-state index contributed by atoms with van der Waals surface area (Å²) >= 11 is 0. The Morgan fingerprint density at radius 3 is 1.78 bits per heavy atom. The number of benzene rings is 2. The van der Waals surface area contributed by atoms with Gasteiger partial charge in [0.2, 0.25) is 0 Å². The van der Waals surface area contributed by atoms with E-state index in [0.29, 0.717) is 0 Å². The van der Waals surface area contributed by atoms with Gasteiger partial charge in [-0.05, 0) is 11.1 Å². The molecule has 1 atom stereocenters. The van der Waals surface area contributed by atoms with E-state index in [9.17, 15) is 5.11 Å². The minimum Gasteiger partial charge on any atom is -0.384 e. The molecule has 0 bridgehead atoms. The molecule has 0 unspecified atom stereocenters. The van der Waals surface area contributed by atoms with Crippen LogP contribution in [0.3, 0.4) is 0 Å². The Labute approximate surface area is 110 Å². The third-order valence-electron chi connectivity index (χ3n) is 3.21. The molecule has 0 aliphatic carbocycles. The Kier molecular flexibility index (Phi) is 3.69. The van der Waals surface area contributed by atoms with Gasteiger partial charge in [0.15, 0.2) is 0 Å². The minimum atomic E-state index is -1.25. The molecule has 94 valence electrons. The van der Waals surface area contributed by atoms with Crippen molar-refractivity contribution in [3.05, 3.63) is 65.7 Å². The summed E-state index contributed by atoms with van der Waals surface area (Å²) in [4.78, 5) is 0. The lowest BCUT2D eigenvalue weighted by molar-refractivity contribution is 0.220. The maximum atomic E-state index is 10.3. The average Bonchev–Trinajstić information content (AvgIpc) is 2.38. The molecule has 0 radical (unpaired) electrons. The quantitative estimate of drug-likeness (QED) is 0.835. The Balaban J connectivity index is 2.25. The highest BCUT2D eigenvalue weighted by atomic mass is 28.3. The van der Waals surface area contributed by atoms with Crippen LogP contribution in [0.5, 0.6) is 0 Å². The van der Waals surface area contributed by atoms with Gasteiger partial charge in [-0.2, -0.15) is 0 Å². The van der Waals surface area contributed by atoms with Crippen molar-refractivity contribution in [3.63, 3.8) is 0 Å². The first-order chi connectivity index (χ1) is 8.48. The molecular weight excluding hydrogens is 236 g/mol. The second-order valence-corrected chi connectivity index (χ2v) is 10.8.